The molecule has 4 N–H and O–H groups in total. The average Bonchev–Trinajstić information content (AvgIpc) is 3.24. The van der Waals surface area contributed by atoms with Crippen LogP contribution in [0.1, 0.15) is 31.9 Å². The second-order valence-electron chi connectivity index (χ2n) is 6.62. The molecule has 2 fully saturated rings. The Morgan fingerprint density at radius 2 is 2.28 bits per heavy atom. The van der Waals surface area contributed by atoms with Crippen LogP contribution in [0, 0.1) is 11.8 Å². The van der Waals surface area contributed by atoms with E-state index in [2.05, 4.69) is 9.97 Å². The fourth-order valence-electron chi connectivity index (χ4n) is 3.59. The molecule has 2 aromatic rings. The van der Waals surface area contributed by atoms with Gasteiger partial charge in [-0.25, -0.2) is 4.98 Å². The number of aliphatic hydroxyl groups excluding tert-OH is 1. The standard InChI is InChI=1S/C15H18N4O5S/c16-14-17-5-10-12(18-14)19(15(23)25-10)13-8(20)4-9(24-13)7(3-11(21)22)6-1-2-6/h5-9,13,20H,1-4H2,(H,21,22)(H2,16,17,18)/t7-,8+,9-,13+/m0/s1. The third-order valence-electron chi connectivity index (χ3n) is 4.86. The summed E-state index contributed by atoms with van der Waals surface area (Å²) in [4.78, 5) is 31.2. The lowest BCUT2D eigenvalue weighted by Crippen LogP contribution is -2.28. The highest BCUT2D eigenvalue weighted by molar-refractivity contribution is 7.16. The van der Waals surface area contributed by atoms with E-state index in [0.717, 1.165) is 24.2 Å². The summed E-state index contributed by atoms with van der Waals surface area (Å²) in [6.45, 7) is 0. The lowest BCUT2D eigenvalue weighted by Gasteiger charge is -2.22. The van der Waals surface area contributed by atoms with Crippen LogP contribution in [0.5, 0.6) is 0 Å². The summed E-state index contributed by atoms with van der Waals surface area (Å²) in [6.07, 6.45) is 1.52. The largest absolute Gasteiger partial charge is 0.481 e. The topological polar surface area (TPSA) is 141 Å². The normalized spacial score (nSPS) is 27.6. The first-order chi connectivity index (χ1) is 11.9. The Hall–Kier alpha value is -2.04. The first kappa shape index (κ1) is 16.4. The van der Waals surface area contributed by atoms with Gasteiger partial charge >= 0.3 is 10.8 Å². The van der Waals surface area contributed by atoms with Crippen LogP contribution >= 0.6 is 11.3 Å². The molecule has 134 valence electrons. The molecule has 2 aromatic heterocycles. The number of aliphatic hydroxyl groups is 1. The summed E-state index contributed by atoms with van der Waals surface area (Å²) in [5.74, 6) is -0.694. The van der Waals surface area contributed by atoms with Crippen molar-refractivity contribution in [3.8, 4) is 0 Å². The van der Waals surface area contributed by atoms with Gasteiger partial charge in [0.05, 0.1) is 23.4 Å². The number of carboxylic acids is 1. The number of nitrogens with zero attached hydrogens (tertiary/aromatic N) is 3. The molecular weight excluding hydrogens is 348 g/mol. The molecule has 1 aliphatic heterocycles. The van der Waals surface area contributed by atoms with E-state index in [4.69, 9.17) is 15.6 Å². The summed E-state index contributed by atoms with van der Waals surface area (Å²) < 4.78 is 7.82. The van der Waals surface area contributed by atoms with E-state index in [9.17, 15) is 14.7 Å². The van der Waals surface area contributed by atoms with Gasteiger partial charge in [0, 0.05) is 6.42 Å². The number of thiazole rings is 1. The first-order valence-corrected chi connectivity index (χ1v) is 8.94. The maximum absolute atomic E-state index is 12.4. The van der Waals surface area contributed by atoms with Gasteiger partial charge in [-0.3, -0.25) is 14.2 Å². The van der Waals surface area contributed by atoms with Crippen LogP contribution in [0.4, 0.5) is 5.95 Å². The third-order valence-corrected chi connectivity index (χ3v) is 5.74. The van der Waals surface area contributed by atoms with Crippen molar-refractivity contribution in [1.29, 1.82) is 0 Å². The van der Waals surface area contributed by atoms with Crippen molar-refractivity contribution in [2.75, 3.05) is 5.73 Å². The summed E-state index contributed by atoms with van der Waals surface area (Å²) in [5, 5.41) is 19.6. The Kier molecular flexibility index (Phi) is 3.97. The van der Waals surface area contributed by atoms with E-state index in [1.165, 1.54) is 10.8 Å². The number of carbonyl (C=O) groups is 1. The number of ether oxygens (including phenoxy) is 1. The van der Waals surface area contributed by atoms with Gasteiger partial charge in [-0.2, -0.15) is 4.98 Å². The highest BCUT2D eigenvalue weighted by Crippen LogP contribution is 2.45. The summed E-state index contributed by atoms with van der Waals surface area (Å²) in [7, 11) is 0. The van der Waals surface area contributed by atoms with Gasteiger partial charge in [-0.1, -0.05) is 11.3 Å². The molecule has 10 heteroatoms. The number of nitrogens with two attached hydrogens (primary N) is 1. The van der Waals surface area contributed by atoms with Gasteiger partial charge in [0.25, 0.3) is 0 Å². The van der Waals surface area contributed by atoms with Crippen LogP contribution in [0.3, 0.4) is 0 Å². The summed E-state index contributed by atoms with van der Waals surface area (Å²) >= 11 is 0.957. The van der Waals surface area contributed by atoms with Crippen molar-refractivity contribution in [3.63, 3.8) is 0 Å². The van der Waals surface area contributed by atoms with E-state index in [0.29, 0.717) is 22.7 Å². The number of rotatable bonds is 5. The zero-order chi connectivity index (χ0) is 17.7. The van der Waals surface area contributed by atoms with E-state index < -0.39 is 24.4 Å². The Balaban J connectivity index is 1.66. The lowest BCUT2D eigenvalue weighted by molar-refractivity contribution is -0.140. The fraction of sp³-hybridized carbons (Fsp3) is 0.600. The minimum Gasteiger partial charge on any atom is -0.481 e. The minimum atomic E-state index is -0.910. The number of aromatic nitrogens is 3. The lowest BCUT2D eigenvalue weighted by atomic mass is 9.91. The molecule has 0 spiro atoms. The molecule has 0 bridgehead atoms. The molecule has 4 atom stereocenters. The van der Waals surface area contributed by atoms with Crippen molar-refractivity contribution >= 4 is 33.6 Å². The van der Waals surface area contributed by atoms with Crippen molar-refractivity contribution in [3.05, 3.63) is 15.9 Å². The monoisotopic (exact) mass is 366 g/mol. The predicted molar refractivity (Wildman–Crippen MR) is 89.1 cm³/mol. The molecule has 0 amide bonds. The molecule has 1 aliphatic carbocycles. The number of carboxylic acid groups (broad SMARTS) is 1. The predicted octanol–water partition coefficient (Wildman–Crippen LogP) is 0.584. The van der Waals surface area contributed by atoms with E-state index >= 15 is 0 Å². The number of fused-ring (bicyclic) bond motifs is 1. The van der Waals surface area contributed by atoms with Crippen molar-refractivity contribution in [2.45, 2.75) is 44.1 Å². The van der Waals surface area contributed by atoms with Gasteiger partial charge < -0.3 is 20.7 Å². The number of nitrogen functional groups attached to an aromatic ring is 1. The van der Waals surface area contributed by atoms with Crippen molar-refractivity contribution in [2.24, 2.45) is 11.8 Å². The third kappa shape index (κ3) is 3.00. The molecule has 3 heterocycles. The quantitative estimate of drug-likeness (QED) is 0.698. The second-order valence-corrected chi connectivity index (χ2v) is 7.61. The van der Waals surface area contributed by atoms with E-state index in [1.54, 1.807) is 0 Å². The number of aliphatic carboxylic acids is 1. The summed E-state index contributed by atoms with van der Waals surface area (Å²) in [6, 6.07) is 0. The molecular formula is C15H18N4O5S. The van der Waals surface area contributed by atoms with Crippen molar-refractivity contribution in [1.82, 2.24) is 14.5 Å². The maximum Gasteiger partial charge on any atom is 0.311 e. The highest BCUT2D eigenvalue weighted by Gasteiger charge is 2.46. The zero-order valence-electron chi connectivity index (χ0n) is 13.2. The molecule has 1 saturated carbocycles. The van der Waals surface area contributed by atoms with Crippen LogP contribution in [-0.4, -0.2) is 42.9 Å². The Bertz CT molecular complexity index is 876. The average molecular weight is 366 g/mol. The molecule has 4 rings (SSSR count). The molecule has 0 radical (unpaired) electrons. The highest BCUT2D eigenvalue weighted by atomic mass is 32.1. The Morgan fingerprint density at radius 1 is 1.52 bits per heavy atom. The molecule has 0 unspecified atom stereocenters. The molecule has 25 heavy (non-hydrogen) atoms. The van der Waals surface area contributed by atoms with Crippen LogP contribution in [-0.2, 0) is 9.53 Å². The Morgan fingerprint density at radius 3 is 2.96 bits per heavy atom. The zero-order valence-corrected chi connectivity index (χ0v) is 14.1. The molecule has 1 saturated heterocycles. The SMILES string of the molecule is Nc1ncc2sc(=O)n([C@@H]3O[C@H]([C@@H](CC(=O)O)C4CC4)C[C@H]3O)c2n1. The van der Waals surface area contributed by atoms with E-state index in [1.807, 2.05) is 0 Å². The van der Waals surface area contributed by atoms with Gasteiger partial charge in [0.1, 0.15) is 6.10 Å². The second kappa shape index (κ2) is 6.04. The molecule has 2 aliphatic rings. The Labute approximate surface area is 146 Å². The minimum absolute atomic E-state index is 0.00315. The molecule has 9 nitrogen and oxygen atoms in total. The van der Waals surface area contributed by atoms with Crippen LogP contribution in [0.15, 0.2) is 11.0 Å². The van der Waals surface area contributed by atoms with Gasteiger partial charge in [-0.15, -0.1) is 0 Å². The van der Waals surface area contributed by atoms with Gasteiger partial charge in [0.15, 0.2) is 11.9 Å². The number of anilines is 1. The molecule has 0 aromatic carbocycles. The van der Waals surface area contributed by atoms with Crippen LogP contribution < -0.4 is 10.6 Å². The number of hydrogen-bond donors (Lipinski definition) is 3. The van der Waals surface area contributed by atoms with Crippen LogP contribution in [0.25, 0.3) is 10.3 Å². The number of hydrogen-bond acceptors (Lipinski definition) is 8. The first-order valence-electron chi connectivity index (χ1n) is 8.13. The fourth-order valence-corrected chi connectivity index (χ4v) is 4.41. The van der Waals surface area contributed by atoms with Crippen molar-refractivity contribution < 1.29 is 19.7 Å². The van der Waals surface area contributed by atoms with E-state index in [-0.39, 0.29) is 23.2 Å². The van der Waals surface area contributed by atoms with Gasteiger partial charge in [0.2, 0.25) is 5.95 Å². The smallest absolute Gasteiger partial charge is 0.311 e. The van der Waals surface area contributed by atoms with Gasteiger partial charge in [-0.05, 0) is 24.7 Å². The van der Waals surface area contributed by atoms with Crippen LogP contribution in [0.2, 0.25) is 0 Å². The maximum atomic E-state index is 12.4. The summed E-state index contributed by atoms with van der Waals surface area (Å²) in [5.41, 5.74) is 5.94.